The van der Waals surface area contributed by atoms with Crippen molar-refractivity contribution in [2.75, 3.05) is 0 Å². The lowest BCUT2D eigenvalue weighted by Gasteiger charge is -2.03. The third-order valence-corrected chi connectivity index (χ3v) is 0. The van der Waals surface area contributed by atoms with Crippen molar-refractivity contribution in [3.05, 3.63) is 0 Å². The Morgan fingerprint density at radius 1 is 1.44 bits per heavy atom. The molecule has 0 unspecified atom stereocenters. The molecule has 7 heteroatoms. The molecule has 0 radical (unpaired) electrons. The zero-order valence-electron chi connectivity index (χ0n) is 4.41. The first kappa shape index (κ1) is 11.4. The second kappa shape index (κ2) is 4.48. The van der Waals surface area contributed by atoms with Crippen LogP contribution in [0.3, 0.4) is 0 Å². The average Bonchev–Trinajstić information content (AvgIpc) is 1.19. The summed E-state index contributed by atoms with van der Waals surface area (Å²) in [6, 6.07) is 0. The molecule has 0 aliphatic carbocycles. The molecule has 0 amide bonds. The van der Waals surface area contributed by atoms with Crippen LogP contribution in [0, 0.1) is 10.2 Å². The second-order valence-electron chi connectivity index (χ2n) is 0.915. The van der Waals surface area contributed by atoms with Crippen LogP contribution in [-0.4, -0.2) is 15.7 Å². The van der Waals surface area contributed by atoms with E-state index in [-0.39, 0.29) is 0 Å². The van der Waals surface area contributed by atoms with Crippen molar-refractivity contribution in [3.63, 3.8) is 0 Å². The van der Waals surface area contributed by atoms with Crippen LogP contribution in [0.5, 0.6) is 0 Å². The van der Waals surface area contributed by atoms with Gasteiger partial charge in [0, 0.05) is 6.92 Å². The number of carbonyl (C=O) groups is 1. The minimum atomic E-state index is -4.69. The largest absolute Gasteiger partial charge is 0.481 e. The number of hydrogen-bond acceptors (Lipinski definition) is 5. The molecule has 0 heterocycles. The summed E-state index contributed by atoms with van der Waals surface area (Å²) in [5.41, 5.74) is 0. The zero-order chi connectivity index (χ0) is 8.08. The molecule has 0 fully saturated rings. The van der Waals surface area contributed by atoms with Crippen LogP contribution in [0.1, 0.15) is 6.92 Å². The molecule has 9 heavy (non-hydrogen) atoms. The van der Waals surface area contributed by atoms with Gasteiger partial charge in [0.05, 0.1) is 14.9 Å². The van der Waals surface area contributed by atoms with Gasteiger partial charge in [0.25, 0.3) is 5.97 Å². The van der Waals surface area contributed by atoms with Crippen molar-refractivity contribution in [1.29, 1.82) is 0 Å². The van der Waals surface area contributed by atoms with E-state index in [1.807, 2.05) is 0 Å². The monoisotopic (exact) mass is 160 g/mol. The molecular weight excluding hydrogens is 155 g/mol. The fourth-order valence-electron chi connectivity index (χ4n) is 0. The van der Waals surface area contributed by atoms with Gasteiger partial charge in [-0.25, -0.2) is 0 Å². The molecule has 0 atom stereocenters. The molecule has 0 aliphatic rings. The highest BCUT2D eigenvalue weighted by Gasteiger charge is 1.98. The highest BCUT2D eigenvalue weighted by atomic mass is 35.7. The summed E-state index contributed by atoms with van der Waals surface area (Å²) in [4.78, 5) is 9.00. The van der Waals surface area contributed by atoms with Crippen LogP contribution in [0.4, 0.5) is 0 Å². The van der Waals surface area contributed by atoms with Crippen molar-refractivity contribution < 1.29 is 38.8 Å². The molecule has 0 aliphatic heterocycles. The highest BCUT2D eigenvalue weighted by Crippen LogP contribution is 1.60. The van der Waals surface area contributed by atoms with E-state index < -0.39 is 16.2 Å². The SMILES string of the molecule is CC(=O)O.[O-][Cl+3]([O-])([O-])O. The molecule has 0 saturated heterocycles. The smallest absolute Gasteiger partial charge is 0.300 e. The standard InChI is InChI=1S/C2H4O2.ClHO4/c1-2(3)4;2-1(3,4)5/h1H3,(H,3,4);(H,2,3,4,5). The molecule has 6 nitrogen and oxygen atoms in total. The van der Waals surface area contributed by atoms with E-state index in [4.69, 9.17) is 28.5 Å². The molecule has 0 aromatic heterocycles. The Labute approximate surface area is 52.7 Å². The summed E-state index contributed by atoms with van der Waals surface area (Å²) in [6.45, 7) is 1.08. The maximum atomic E-state index is 9.00. The maximum absolute atomic E-state index is 9.00. The van der Waals surface area contributed by atoms with Gasteiger partial charge >= 0.3 is 0 Å². The van der Waals surface area contributed by atoms with Gasteiger partial charge in [0.2, 0.25) is 0 Å². The first-order valence-electron chi connectivity index (χ1n) is 1.56. The summed E-state index contributed by atoms with van der Waals surface area (Å²) < 4.78 is 32.7. The Morgan fingerprint density at radius 3 is 1.44 bits per heavy atom. The second-order valence-corrected chi connectivity index (χ2v) is 1.71. The molecule has 0 aromatic rings. The Morgan fingerprint density at radius 2 is 1.44 bits per heavy atom. The van der Waals surface area contributed by atoms with E-state index in [9.17, 15) is 0 Å². The van der Waals surface area contributed by atoms with Gasteiger partial charge < -0.3 is 5.11 Å². The van der Waals surface area contributed by atoms with Gasteiger partial charge in [-0.2, -0.15) is 14.0 Å². The van der Waals surface area contributed by atoms with Crippen molar-refractivity contribution >= 4 is 5.97 Å². The Hall–Kier alpha value is -0.400. The van der Waals surface area contributed by atoms with Gasteiger partial charge in [0.15, 0.2) is 0 Å². The fraction of sp³-hybridized carbons (Fsp3) is 0.500. The number of rotatable bonds is 0. The Kier molecular flexibility index (Phi) is 5.67. The topological polar surface area (TPSA) is 127 Å². The predicted octanol–water partition coefficient (Wildman–Crippen LogP) is -4.03. The van der Waals surface area contributed by atoms with Crippen LogP contribution in [0.25, 0.3) is 0 Å². The molecule has 0 spiro atoms. The first-order chi connectivity index (χ1) is 3.73. The number of halogens is 1. The van der Waals surface area contributed by atoms with E-state index in [1.54, 1.807) is 0 Å². The maximum Gasteiger partial charge on any atom is 0.300 e. The molecule has 0 bridgehead atoms. The van der Waals surface area contributed by atoms with Crippen molar-refractivity contribution in [2.45, 2.75) is 6.92 Å². The lowest BCUT2D eigenvalue weighted by atomic mass is 10.9. The minimum absolute atomic E-state index is 0.833. The lowest BCUT2D eigenvalue weighted by Crippen LogP contribution is -2.58. The van der Waals surface area contributed by atoms with Crippen molar-refractivity contribution in [1.82, 2.24) is 0 Å². The minimum Gasteiger partial charge on any atom is -0.481 e. The van der Waals surface area contributed by atoms with Crippen LogP contribution in [0.15, 0.2) is 0 Å². The van der Waals surface area contributed by atoms with E-state index >= 15 is 0 Å². The Bertz CT molecular complexity index is 73.5. The average molecular weight is 161 g/mol. The third-order valence-electron chi connectivity index (χ3n) is 0. The van der Waals surface area contributed by atoms with Gasteiger partial charge in [0.1, 0.15) is 0 Å². The quantitative estimate of drug-likeness (QED) is 0.372. The summed E-state index contributed by atoms with van der Waals surface area (Å²) in [5.74, 6) is -0.833. The number of carboxylic acid groups (broad SMARTS) is 1. The van der Waals surface area contributed by atoms with Gasteiger partial charge in [-0.1, -0.05) is 0 Å². The van der Waals surface area contributed by atoms with E-state index in [0.29, 0.717) is 0 Å². The van der Waals surface area contributed by atoms with E-state index in [1.165, 1.54) is 0 Å². The summed E-state index contributed by atoms with van der Waals surface area (Å²) in [7, 11) is -4.69. The number of carboxylic acids is 1. The van der Waals surface area contributed by atoms with Crippen LogP contribution < -0.4 is 14.0 Å². The van der Waals surface area contributed by atoms with Gasteiger partial charge in [-0.3, -0.25) is 4.79 Å². The van der Waals surface area contributed by atoms with Crippen LogP contribution in [-0.2, 0) is 4.79 Å². The van der Waals surface area contributed by atoms with E-state index in [2.05, 4.69) is 0 Å². The molecule has 0 aromatic carbocycles. The summed E-state index contributed by atoms with van der Waals surface area (Å²) in [5, 5.41) is 7.42. The van der Waals surface area contributed by atoms with Crippen molar-refractivity contribution in [2.24, 2.45) is 0 Å². The molecular formula is C2H5ClO6. The van der Waals surface area contributed by atoms with Crippen LogP contribution in [0.2, 0.25) is 0 Å². The zero-order valence-corrected chi connectivity index (χ0v) is 5.16. The predicted molar refractivity (Wildman–Crippen MR) is 15.5 cm³/mol. The van der Waals surface area contributed by atoms with E-state index in [0.717, 1.165) is 6.92 Å². The number of aliphatic carboxylic acids is 1. The van der Waals surface area contributed by atoms with Gasteiger partial charge in [-0.05, 0) is 0 Å². The first-order valence-corrected chi connectivity index (χ1v) is 2.82. The highest BCUT2D eigenvalue weighted by molar-refractivity contribution is 5.62. The molecule has 56 valence electrons. The normalized spacial score (nSPS) is 9.44. The lowest BCUT2D eigenvalue weighted by molar-refractivity contribution is -1.92. The molecule has 0 rings (SSSR count). The van der Waals surface area contributed by atoms with Gasteiger partial charge in [-0.15, -0.1) is 0 Å². The molecule has 2 N–H and O–H groups in total. The summed E-state index contributed by atoms with van der Waals surface area (Å²) in [6.07, 6.45) is 0. The van der Waals surface area contributed by atoms with Crippen molar-refractivity contribution in [3.8, 4) is 0 Å². The molecule has 0 saturated carbocycles. The summed E-state index contributed by atoms with van der Waals surface area (Å²) >= 11 is 0. The third kappa shape index (κ3) is 1490. The fourth-order valence-corrected chi connectivity index (χ4v) is 0. The van der Waals surface area contributed by atoms with Crippen LogP contribution >= 0.6 is 0 Å². The Balaban J connectivity index is 0. The number of hydrogen-bond donors (Lipinski definition) is 2.